The number of aromatic amines is 1. The molecule has 0 aliphatic rings. The minimum atomic E-state index is -4.97. The lowest BCUT2D eigenvalue weighted by atomic mass is 9.95. The highest BCUT2D eigenvalue weighted by Crippen LogP contribution is 2.45. The summed E-state index contributed by atoms with van der Waals surface area (Å²) in [4.78, 5) is 3.67. The first-order valence-corrected chi connectivity index (χ1v) is 11.0. The average molecular weight is 476 g/mol. The Hall–Kier alpha value is -2.33. The van der Waals surface area contributed by atoms with Crippen molar-refractivity contribution in [2.75, 3.05) is 19.9 Å². The van der Waals surface area contributed by atoms with Crippen LogP contribution in [0.4, 0.5) is 26.3 Å². The Morgan fingerprint density at radius 3 is 2.28 bits per heavy atom. The van der Waals surface area contributed by atoms with Crippen LogP contribution in [-0.4, -0.2) is 24.9 Å². The van der Waals surface area contributed by atoms with Crippen LogP contribution < -0.4 is 10.5 Å². The standard InChI is InChI=1S/C22H22F6N2OS/c1-31-18-7-6-13(32-2)11-15(18)20-14(5-3-4-8-29)19-16(22(26,27)28)9-12(21(23,24)25)10-17(19)30-20/h6-7,9-11,30H,3-5,8,29H2,1-2H3. The van der Waals surface area contributed by atoms with Crippen LogP contribution in [0.15, 0.2) is 35.2 Å². The first-order valence-electron chi connectivity index (χ1n) is 9.76. The number of nitrogens with two attached hydrogens (primary N) is 1. The van der Waals surface area contributed by atoms with Gasteiger partial charge < -0.3 is 15.5 Å². The molecule has 0 aliphatic carbocycles. The number of nitrogens with one attached hydrogen (secondary N) is 1. The number of halogens is 6. The molecule has 0 bridgehead atoms. The lowest BCUT2D eigenvalue weighted by Crippen LogP contribution is -2.11. The molecule has 0 fully saturated rings. The Balaban J connectivity index is 2.40. The fraction of sp³-hybridized carbons (Fsp3) is 0.364. The van der Waals surface area contributed by atoms with E-state index in [4.69, 9.17) is 10.5 Å². The summed E-state index contributed by atoms with van der Waals surface area (Å²) in [5.41, 5.74) is 3.75. The first-order chi connectivity index (χ1) is 15.0. The van der Waals surface area contributed by atoms with Gasteiger partial charge in [0.15, 0.2) is 0 Å². The van der Waals surface area contributed by atoms with Gasteiger partial charge in [-0.1, -0.05) is 0 Å². The summed E-state index contributed by atoms with van der Waals surface area (Å²) in [6.45, 7) is 0.354. The van der Waals surface area contributed by atoms with Crippen LogP contribution in [0.3, 0.4) is 0 Å². The van der Waals surface area contributed by atoms with Gasteiger partial charge in [0.05, 0.1) is 23.9 Å². The number of hydrogen-bond donors (Lipinski definition) is 2. The maximum atomic E-state index is 13.9. The normalized spacial score (nSPS) is 12.5. The van der Waals surface area contributed by atoms with Crippen LogP contribution in [0.1, 0.15) is 29.5 Å². The second-order valence-electron chi connectivity index (χ2n) is 7.23. The van der Waals surface area contributed by atoms with Crippen molar-refractivity contribution >= 4 is 22.7 Å². The van der Waals surface area contributed by atoms with Gasteiger partial charge in [-0.25, -0.2) is 0 Å². The monoisotopic (exact) mass is 476 g/mol. The molecule has 0 atom stereocenters. The van der Waals surface area contributed by atoms with E-state index >= 15 is 0 Å². The smallest absolute Gasteiger partial charge is 0.417 e. The number of rotatable bonds is 7. The van der Waals surface area contributed by atoms with Crippen molar-refractivity contribution in [1.82, 2.24) is 4.98 Å². The maximum absolute atomic E-state index is 13.9. The predicted octanol–water partition coefficient (Wildman–Crippen LogP) is 6.88. The number of fused-ring (bicyclic) bond motifs is 1. The maximum Gasteiger partial charge on any atom is 0.417 e. The highest BCUT2D eigenvalue weighted by Gasteiger charge is 2.39. The zero-order valence-corrected chi connectivity index (χ0v) is 18.2. The zero-order valence-electron chi connectivity index (χ0n) is 17.4. The second kappa shape index (κ2) is 9.27. The van der Waals surface area contributed by atoms with Crippen LogP contribution in [0, 0.1) is 0 Å². The summed E-state index contributed by atoms with van der Waals surface area (Å²) < 4.78 is 87.2. The Kier molecular flexibility index (Phi) is 7.04. The van der Waals surface area contributed by atoms with E-state index in [0.29, 0.717) is 42.0 Å². The zero-order chi connectivity index (χ0) is 23.7. The molecular weight excluding hydrogens is 454 g/mol. The van der Waals surface area contributed by atoms with Crippen LogP contribution >= 0.6 is 11.8 Å². The Morgan fingerprint density at radius 2 is 1.72 bits per heavy atom. The number of thioether (sulfide) groups is 1. The highest BCUT2D eigenvalue weighted by atomic mass is 32.2. The van der Waals surface area contributed by atoms with E-state index < -0.39 is 23.5 Å². The number of methoxy groups -OCH3 is 1. The molecule has 3 rings (SSSR count). The Morgan fingerprint density at radius 1 is 1.00 bits per heavy atom. The summed E-state index contributed by atoms with van der Waals surface area (Å²) >= 11 is 1.43. The van der Waals surface area contributed by atoms with Gasteiger partial charge in [0.25, 0.3) is 0 Å². The molecule has 10 heteroatoms. The van der Waals surface area contributed by atoms with E-state index in [1.54, 1.807) is 18.2 Å². The number of aryl methyl sites for hydroxylation is 1. The fourth-order valence-corrected chi connectivity index (χ4v) is 4.16. The van der Waals surface area contributed by atoms with E-state index in [1.807, 2.05) is 6.26 Å². The number of hydrogen-bond acceptors (Lipinski definition) is 3. The third-order valence-electron chi connectivity index (χ3n) is 5.19. The molecule has 1 heterocycles. The fourth-order valence-electron chi connectivity index (χ4n) is 3.72. The first kappa shape index (κ1) is 24.3. The SMILES string of the molecule is COc1ccc(SC)cc1-c1[nH]c2cc(C(F)(F)F)cc(C(F)(F)F)c2c1CCCCN. The molecule has 0 unspecified atom stereocenters. The van der Waals surface area contributed by atoms with Crippen LogP contribution in [-0.2, 0) is 18.8 Å². The number of H-pyrrole nitrogens is 1. The molecule has 1 aromatic heterocycles. The van der Waals surface area contributed by atoms with Gasteiger partial charge in [-0.05, 0) is 68.0 Å². The minimum absolute atomic E-state index is 0.182. The van der Waals surface area contributed by atoms with Crippen LogP contribution in [0.25, 0.3) is 22.2 Å². The Bertz CT molecular complexity index is 1100. The van der Waals surface area contributed by atoms with Crippen molar-refractivity contribution in [1.29, 1.82) is 0 Å². The topological polar surface area (TPSA) is 51.0 Å². The van der Waals surface area contributed by atoms with Crippen molar-refractivity contribution < 1.29 is 31.1 Å². The summed E-state index contributed by atoms with van der Waals surface area (Å²) in [5, 5.41) is -0.255. The van der Waals surface area contributed by atoms with E-state index in [9.17, 15) is 26.3 Å². The van der Waals surface area contributed by atoms with Gasteiger partial charge in [-0.3, -0.25) is 0 Å². The van der Waals surface area contributed by atoms with E-state index in [1.165, 1.54) is 18.9 Å². The third kappa shape index (κ3) is 4.85. The molecule has 3 N–H and O–H groups in total. The number of alkyl halides is 6. The van der Waals surface area contributed by atoms with Gasteiger partial charge in [-0.2, -0.15) is 26.3 Å². The summed E-state index contributed by atoms with van der Waals surface area (Å²) in [5.74, 6) is 0.402. The van der Waals surface area contributed by atoms with Gasteiger partial charge >= 0.3 is 12.4 Å². The van der Waals surface area contributed by atoms with E-state index in [0.717, 1.165) is 11.0 Å². The molecule has 174 valence electrons. The molecule has 0 aliphatic heterocycles. The molecule has 3 nitrogen and oxygen atoms in total. The lowest BCUT2D eigenvalue weighted by molar-refractivity contribution is -0.142. The minimum Gasteiger partial charge on any atom is -0.496 e. The molecule has 32 heavy (non-hydrogen) atoms. The summed E-state index contributed by atoms with van der Waals surface area (Å²) in [7, 11) is 1.43. The predicted molar refractivity (Wildman–Crippen MR) is 114 cm³/mol. The molecule has 0 saturated heterocycles. The highest BCUT2D eigenvalue weighted by molar-refractivity contribution is 7.98. The molecule has 0 spiro atoms. The van der Waals surface area contributed by atoms with Crippen molar-refractivity contribution in [3.8, 4) is 17.0 Å². The summed E-state index contributed by atoms with van der Waals surface area (Å²) in [6.07, 6.45) is -6.78. The van der Waals surface area contributed by atoms with Crippen LogP contribution in [0.5, 0.6) is 5.75 Å². The lowest BCUT2D eigenvalue weighted by Gasteiger charge is -2.15. The number of unbranched alkanes of at least 4 members (excludes halogenated alkanes) is 1. The largest absolute Gasteiger partial charge is 0.496 e. The van der Waals surface area contributed by atoms with Gasteiger partial charge in [0.1, 0.15) is 5.75 Å². The van der Waals surface area contributed by atoms with Crippen molar-refractivity contribution in [3.63, 3.8) is 0 Å². The van der Waals surface area contributed by atoms with E-state index in [2.05, 4.69) is 4.98 Å². The van der Waals surface area contributed by atoms with Gasteiger partial charge in [0, 0.05) is 21.4 Å². The number of benzene rings is 2. The molecule has 0 radical (unpaired) electrons. The molecule has 0 amide bonds. The molecule has 0 saturated carbocycles. The van der Waals surface area contributed by atoms with Gasteiger partial charge in [0.2, 0.25) is 0 Å². The molecule has 2 aromatic carbocycles. The number of aromatic nitrogens is 1. The van der Waals surface area contributed by atoms with Crippen molar-refractivity contribution in [2.24, 2.45) is 5.73 Å². The van der Waals surface area contributed by atoms with Crippen LogP contribution in [0.2, 0.25) is 0 Å². The Labute approximate surface area is 185 Å². The number of ether oxygens (including phenoxy) is 1. The average Bonchev–Trinajstić information content (AvgIpc) is 3.09. The second-order valence-corrected chi connectivity index (χ2v) is 8.11. The van der Waals surface area contributed by atoms with Crippen molar-refractivity contribution in [2.45, 2.75) is 36.5 Å². The van der Waals surface area contributed by atoms with Gasteiger partial charge in [-0.15, -0.1) is 11.8 Å². The molecule has 3 aromatic rings. The van der Waals surface area contributed by atoms with E-state index in [-0.39, 0.29) is 23.4 Å². The summed E-state index contributed by atoms with van der Waals surface area (Å²) in [6, 6.07) is 6.14. The quantitative estimate of drug-likeness (QED) is 0.222. The molecular formula is C22H22F6N2OS. The third-order valence-corrected chi connectivity index (χ3v) is 5.92. The van der Waals surface area contributed by atoms with Crippen molar-refractivity contribution in [3.05, 3.63) is 47.0 Å².